The van der Waals surface area contributed by atoms with E-state index in [-0.39, 0.29) is 0 Å². The molecule has 3 nitrogen and oxygen atoms in total. The Morgan fingerprint density at radius 3 is 2.85 bits per heavy atom. The molecule has 1 aliphatic rings. The molecular formula is C17H17N3. The molecular weight excluding hydrogens is 246 g/mol. The summed E-state index contributed by atoms with van der Waals surface area (Å²) in [5.74, 6) is 0. The van der Waals surface area contributed by atoms with Crippen LogP contribution in [0.15, 0.2) is 42.5 Å². The van der Waals surface area contributed by atoms with Crippen molar-refractivity contribution in [2.75, 3.05) is 23.8 Å². The van der Waals surface area contributed by atoms with Crippen molar-refractivity contribution in [2.24, 2.45) is 0 Å². The smallest absolute Gasteiger partial charge is 0.0992 e. The molecule has 1 heterocycles. The lowest BCUT2D eigenvalue weighted by Gasteiger charge is -2.28. The zero-order valence-corrected chi connectivity index (χ0v) is 11.6. The fraction of sp³-hybridized carbons (Fsp3) is 0.235. The van der Waals surface area contributed by atoms with E-state index in [0.29, 0.717) is 5.56 Å². The van der Waals surface area contributed by atoms with Crippen molar-refractivity contribution in [3.8, 4) is 6.07 Å². The van der Waals surface area contributed by atoms with Gasteiger partial charge >= 0.3 is 0 Å². The quantitative estimate of drug-likeness (QED) is 0.898. The third-order valence-electron chi connectivity index (χ3n) is 3.71. The van der Waals surface area contributed by atoms with Crippen LogP contribution >= 0.6 is 0 Å². The van der Waals surface area contributed by atoms with E-state index in [1.807, 2.05) is 24.3 Å². The van der Waals surface area contributed by atoms with E-state index < -0.39 is 0 Å². The minimum atomic E-state index is 0.674. The molecule has 0 saturated carbocycles. The van der Waals surface area contributed by atoms with Crippen LogP contribution in [0.1, 0.15) is 17.5 Å². The van der Waals surface area contributed by atoms with Gasteiger partial charge < -0.3 is 10.2 Å². The molecule has 0 spiro atoms. The van der Waals surface area contributed by atoms with Gasteiger partial charge in [0.15, 0.2) is 0 Å². The lowest BCUT2D eigenvalue weighted by molar-refractivity contribution is 0.745. The molecule has 0 saturated heterocycles. The van der Waals surface area contributed by atoms with E-state index in [2.05, 4.69) is 41.5 Å². The maximum absolute atomic E-state index is 8.93. The van der Waals surface area contributed by atoms with Crippen molar-refractivity contribution in [1.29, 1.82) is 5.26 Å². The molecule has 0 aliphatic carbocycles. The van der Waals surface area contributed by atoms with E-state index in [1.54, 1.807) is 0 Å². The van der Waals surface area contributed by atoms with Crippen LogP contribution in [0.3, 0.4) is 0 Å². The van der Waals surface area contributed by atoms with E-state index in [9.17, 15) is 0 Å². The van der Waals surface area contributed by atoms with Gasteiger partial charge in [0, 0.05) is 30.7 Å². The number of aryl methyl sites for hydroxylation is 1. The highest BCUT2D eigenvalue weighted by Crippen LogP contribution is 2.29. The number of nitrogens with zero attached hydrogens (tertiary/aromatic N) is 2. The molecule has 0 bridgehead atoms. The maximum atomic E-state index is 8.93. The second kappa shape index (κ2) is 5.26. The van der Waals surface area contributed by atoms with Crippen molar-refractivity contribution in [1.82, 2.24) is 0 Å². The third kappa shape index (κ3) is 2.46. The van der Waals surface area contributed by atoms with Crippen LogP contribution in [0.4, 0.5) is 17.1 Å². The first-order valence-corrected chi connectivity index (χ1v) is 6.87. The van der Waals surface area contributed by atoms with Crippen molar-refractivity contribution in [3.05, 3.63) is 53.6 Å². The Morgan fingerprint density at radius 1 is 1.15 bits per heavy atom. The molecule has 0 fully saturated rings. The number of hydrogen-bond donors (Lipinski definition) is 1. The zero-order chi connectivity index (χ0) is 13.9. The van der Waals surface area contributed by atoms with Crippen LogP contribution in [0.5, 0.6) is 0 Å². The average molecular weight is 263 g/mol. The van der Waals surface area contributed by atoms with Gasteiger partial charge in [-0.05, 0) is 54.8 Å². The molecule has 1 N–H and O–H groups in total. The summed E-state index contributed by atoms with van der Waals surface area (Å²) in [6.07, 6.45) is 2.34. The third-order valence-corrected chi connectivity index (χ3v) is 3.71. The van der Waals surface area contributed by atoms with Crippen molar-refractivity contribution in [2.45, 2.75) is 12.8 Å². The van der Waals surface area contributed by atoms with Gasteiger partial charge in [-0.25, -0.2) is 0 Å². The van der Waals surface area contributed by atoms with Gasteiger partial charge in [-0.15, -0.1) is 0 Å². The standard InChI is InChI=1S/C17H17N3/c1-20-9-3-5-14-11-16(7-8-17(14)20)19-15-6-2-4-13(10-15)12-18/h2,4,6-8,10-11,19H,3,5,9H2,1H3. The molecule has 0 atom stereocenters. The monoisotopic (exact) mass is 263 g/mol. The summed E-state index contributed by atoms with van der Waals surface area (Å²) in [5, 5.41) is 12.3. The summed E-state index contributed by atoms with van der Waals surface area (Å²) in [6, 6.07) is 16.2. The fourth-order valence-electron chi connectivity index (χ4n) is 2.70. The first-order chi connectivity index (χ1) is 9.76. The lowest BCUT2D eigenvalue weighted by atomic mass is 10.0. The Hall–Kier alpha value is -2.47. The number of anilines is 3. The number of hydrogen-bond acceptors (Lipinski definition) is 3. The predicted octanol–water partition coefficient (Wildman–Crippen LogP) is 3.68. The van der Waals surface area contributed by atoms with E-state index >= 15 is 0 Å². The highest BCUT2D eigenvalue weighted by atomic mass is 15.1. The predicted molar refractivity (Wildman–Crippen MR) is 82.5 cm³/mol. The summed E-state index contributed by atoms with van der Waals surface area (Å²) in [4.78, 5) is 2.30. The van der Waals surface area contributed by atoms with Gasteiger partial charge in [-0.3, -0.25) is 0 Å². The first kappa shape index (κ1) is 12.6. The molecule has 20 heavy (non-hydrogen) atoms. The molecule has 2 aromatic carbocycles. The Labute approximate surface area is 119 Å². The van der Waals surface area contributed by atoms with Gasteiger partial charge in [0.2, 0.25) is 0 Å². The van der Waals surface area contributed by atoms with Gasteiger partial charge in [0.05, 0.1) is 11.6 Å². The maximum Gasteiger partial charge on any atom is 0.0992 e. The Bertz CT molecular complexity index is 670. The minimum Gasteiger partial charge on any atom is -0.374 e. The normalized spacial score (nSPS) is 13.5. The number of fused-ring (bicyclic) bond motifs is 1. The second-order valence-electron chi connectivity index (χ2n) is 5.19. The molecule has 0 amide bonds. The molecule has 3 rings (SSSR count). The molecule has 0 radical (unpaired) electrons. The molecule has 100 valence electrons. The van der Waals surface area contributed by atoms with Gasteiger partial charge in [0.1, 0.15) is 0 Å². The van der Waals surface area contributed by atoms with Crippen molar-refractivity contribution >= 4 is 17.1 Å². The minimum absolute atomic E-state index is 0.674. The fourth-order valence-corrected chi connectivity index (χ4v) is 2.70. The Balaban J connectivity index is 1.86. The summed E-state index contributed by atoms with van der Waals surface area (Å²) < 4.78 is 0. The van der Waals surface area contributed by atoms with Crippen molar-refractivity contribution < 1.29 is 0 Å². The van der Waals surface area contributed by atoms with Crippen LogP contribution < -0.4 is 10.2 Å². The Morgan fingerprint density at radius 2 is 2.00 bits per heavy atom. The SMILES string of the molecule is CN1CCCc2cc(Nc3cccc(C#N)c3)ccc21. The molecule has 0 unspecified atom stereocenters. The summed E-state index contributed by atoms with van der Waals surface area (Å²) in [5.41, 5.74) is 5.42. The number of rotatable bonds is 2. The van der Waals surface area contributed by atoms with E-state index in [1.165, 1.54) is 17.7 Å². The highest BCUT2D eigenvalue weighted by molar-refractivity contribution is 5.67. The van der Waals surface area contributed by atoms with Gasteiger partial charge in [0.25, 0.3) is 0 Å². The molecule has 2 aromatic rings. The number of benzene rings is 2. The zero-order valence-electron chi connectivity index (χ0n) is 11.6. The largest absolute Gasteiger partial charge is 0.374 e. The van der Waals surface area contributed by atoms with Crippen LogP contribution in [0.25, 0.3) is 0 Å². The Kier molecular flexibility index (Phi) is 3.30. The molecule has 1 aliphatic heterocycles. The average Bonchev–Trinajstić information content (AvgIpc) is 2.47. The van der Waals surface area contributed by atoms with Gasteiger partial charge in [-0.1, -0.05) is 6.07 Å². The van der Waals surface area contributed by atoms with Gasteiger partial charge in [-0.2, -0.15) is 5.26 Å². The number of nitrogens with one attached hydrogen (secondary N) is 1. The highest BCUT2D eigenvalue weighted by Gasteiger charge is 2.13. The number of nitriles is 1. The molecule has 3 heteroatoms. The summed E-state index contributed by atoms with van der Waals surface area (Å²) in [7, 11) is 2.14. The summed E-state index contributed by atoms with van der Waals surface area (Å²) >= 11 is 0. The first-order valence-electron chi connectivity index (χ1n) is 6.87. The topological polar surface area (TPSA) is 39.1 Å². The van der Waals surface area contributed by atoms with Crippen LogP contribution in [0.2, 0.25) is 0 Å². The van der Waals surface area contributed by atoms with E-state index in [4.69, 9.17) is 5.26 Å². The summed E-state index contributed by atoms with van der Waals surface area (Å²) in [6.45, 7) is 1.13. The van der Waals surface area contributed by atoms with Crippen LogP contribution in [-0.4, -0.2) is 13.6 Å². The van der Waals surface area contributed by atoms with Crippen molar-refractivity contribution in [3.63, 3.8) is 0 Å². The van der Waals surface area contributed by atoms with Crippen LogP contribution in [-0.2, 0) is 6.42 Å². The lowest BCUT2D eigenvalue weighted by Crippen LogP contribution is -2.24. The van der Waals surface area contributed by atoms with E-state index in [0.717, 1.165) is 24.3 Å². The molecule has 0 aromatic heterocycles. The second-order valence-corrected chi connectivity index (χ2v) is 5.19. The van der Waals surface area contributed by atoms with Crippen LogP contribution in [0, 0.1) is 11.3 Å².